The average molecular weight is 319 g/mol. The average Bonchev–Trinajstić information content (AvgIpc) is 2.98. The third kappa shape index (κ3) is 3.01. The predicted molar refractivity (Wildman–Crippen MR) is 85.6 cm³/mol. The maximum atomic E-state index is 6.15. The molecule has 3 aromatic rings. The predicted octanol–water partition coefficient (Wildman–Crippen LogP) is 4.39. The summed E-state index contributed by atoms with van der Waals surface area (Å²) in [6.07, 6.45) is 0. The monoisotopic (exact) mass is 318 g/mol. The van der Waals surface area contributed by atoms with Crippen molar-refractivity contribution < 1.29 is 0 Å². The molecule has 3 rings (SSSR count). The number of aromatic nitrogens is 3. The fourth-order valence-corrected chi connectivity index (χ4v) is 2.39. The molecule has 21 heavy (non-hydrogen) atoms. The van der Waals surface area contributed by atoms with E-state index in [0.29, 0.717) is 16.6 Å². The molecule has 0 aliphatic heterocycles. The first kappa shape index (κ1) is 13.9. The summed E-state index contributed by atoms with van der Waals surface area (Å²) < 4.78 is 0. The Kier molecular flexibility index (Phi) is 4.08. The number of hydrogen-bond donors (Lipinski definition) is 2. The zero-order valence-electron chi connectivity index (χ0n) is 11.0. The number of benzene rings is 2. The van der Waals surface area contributed by atoms with Crippen LogP contribution < -0.4 is 5.32 Å². The molecule has 0 bridgehead atoms. The first-order valence-electron chi connectivity index (χ1n) is 6.38. The largest absolute Gasteiger partial charge is 0.378 e. The maximum Gasteiger partial charge on any atom is 0.117 e. The van der Waals surface area contributed by atoms with E-state index in [9.17, 15) is 0 Å². The van der Waals surface area contributed by atoms with Gasteiger partial charge in [-0.2, -0.15) is 15.4 Å². The Morgan fingerprint density at radius 1 is 0.952 bits per heavy atom. The second-order valence-electron chi connectivity index (χ2n) is 4.44. The van der Waals surface area contributed by atoms with Gasteiger partial charge in [0.1, 0.15) is 11.4 Å². The highest BCUT2D eigenvalue weighted by Crippen LogP contribution is 2.30. The van der Waals surface area contributed by atoms with Crippen LogP contribution in [0.4, 0.5) is 5.69 Å². The van der Waals surface area contributed by atoms with E-state index in [1.54, 1.807) is 6.07 Å². The van der Waals surface area contributed by atoms with E-state index in [1.165, 1.54) is 0 Å². The number of hydrogen-bond acceptors (Lipinski definition) is 3. The van der Waals surface area contributed by atoms with Crippen molar-refractivity contribution in [1.82, 2.24) is 15.4 Å². The molecule has 2 N–H and O–H groups in total. The Balaban J connectivity index is 1.81. The molecule has 0 aliphatic carbocycles. The van der Waals surface area contributed by atoms with Crippen molar-refractivity contribution in [3.8, 4) is 11.3 Å². The van der Waals surface area contributed by atoms with Crippen LogP contribution in [0.25, 0.3) is 11.3 Å². The second kappa shape index (κ2) is 6.16. The molecule has 0 saturated heterocycles. The van der Waals surface area contributed by atoms with Gasteiger partial charge < -0.3 is 5.32 Å². The van der Waals surface area contributed by atoms with E-state index in [4.69, 9.17) is 23.2 Å². The summed E-state index contributed by atoms with van der Waals surface area (Å²) in [5.41, 5.74) is 3.42. The van der Waals surface area contributed by atoms with Crippen LogP contribution in [-0.4, -0.2) is 15.4 Å². The summed E-state index contributed by atoms with van der Waals surface area (Å²) in [6.45, 7) is 0.501. The molecule has 0 radical (unpaired) electrons. The molecule has 1 aromatic heterocycles. The minimum absolute atomic E-state index is 0.501. The summed E-state index contributed by atoms with van der Waals surface area (Å²) in [5.74, 6) is 0. The zero-order chi connectivity index (χ0) is 14.7. The van der Waals surface area contributed by atoms with Crippen LogP contribution in [0.2, 0.25) is 10.0 Å². The third-order valence-corrected chi connectivity index (χ3v) is 3.88. The van der Waals surface area contributed by atoms with Gasteiger partial charge in [0.25, 0.3) is 0 Å². The fraction of sp³-hybridized carbons (Fsp3) is 0.0667. The molecule has 0 atom stereocenters. The van der Waals surface area contributed by atoms with Crippen LogP contribution in [0, 0.1) is 0 Å². The van der Waals surface area contributed by atoms with Crippen molar-refractivity contribution in [1.29, 1.82) is 0 Å². The second-order valence-corrected chi connectivity index (χ2v) is 5.23. The van der Waals surface area contributed by atoms with E-state index < -0.39 is 0 Å². The highest BCUT2D eigenvalue weighted by atomic mass is 35.5. The lowest BCUT2D eigenvalue weighted by Gasteiger charge is -2.08. The Hall–Kier alpha value is -2.04. The van der Waals surface area contributed by atoms with Crippen LogP contribution in [-0.2, 0) is 6.54 Å². The first-order chi connectivity index (χ1) is 10.3. The molecule has 0 amide bonds. The van der Waals surface area contributed by atoms with Crippen LogP contribution in [0.15, 0.2) is 48.5 Å². The molecule has 0 unspecified atom stereocenters. The Morgan fingerprint density at radius 3 is 2.57 bits per heavy atom. The van der Waals surface area contributed by atoms with Crippen molar-refractivity contribution in [3.05, 3.63) is 64.3 Å². The van der Waals surface area contributed by atoms with E-state index in [-0.39, 0.29) is 0 Å². The van der Waals surface area contributed by atoms with Crippen molar-refractivity contribution in [2.24, 2.45) is 0 Å². The van der Waals surface area contributed by atoms with E-state index in [1.807, 2.05) is 42.5 Å². The van der Waals surface area contributed by atoms with Gasteiger partial charge in [0.05, 0.1) is 22.3 Å². The molecule has 0 aliphatic rings. The molecule has 2 aromatic carbocycles. The fourth-order valence-electron chi connectivity index (χ4n) is 2.02. The molecule has 4 nitrogen and oxygen atoms in total. The third-order valence-electron chi connectivity index (χ3n) is 3.07. The van der Waals surface area contributed by atoms with Gasteiger partial charge in [-0.05, 0) is 12.1 Å². The van der Waals surface area contributed by atoms with Gasteiger partial charge in [-0.3, -0.25) is 0 Å². The number of rotatable bonds is 4. The van der Waals surface area contributed by atoms with Crippen molar-refractivity contribution in [3.63, 3.8) is 0 Å². The van der Waals surface area contributed by atoms with E-state index in [2.05, 4.69) is 20.7 Å². The summed E-state index contributed by atoms with van der Waals surface area (Å²) in [6, 6.07) is 15.4. The summed E-state index contributed by atoms with van der Waals surface area (Å²) in [4.78, 5) is 0. The Labute approximate surface area is 132 Å². The Morgan fingerprint density at radius 2 is 1.76 bits per heavy atom. The molecule has 1 heterocycles. The number of nitrogens with zero attached hydrogens (tertiary/aromatic N) is 2. The summed E-state index contributed by atoms with van der Waals surface area (Å²) in [7, 11) is 0. The molecular weight excluding hydrogens is 307 g/mol. The lowest BCUT2D eigenvalue weighted by Crippen LogP contribution is -2.02. The lowest BCUT2D eigenvalue weighted by molar-refractivity contribution is 0.911. The van der Waals surface area contributed by atoms with Crippen LogP contribution in [0.5, 0.6) is 0 Å². The standard InChI is InChI=1S/C15H12Cl2N4/c16-11-7-4-8-12(14(11)17)18-9-13-15(20-21-19-13)10-5-2-1-3-6-10/h1-8,18H,9H2,(H,19,20,21). The molecule has 0 fully saturated rings. The lowest BCUT2D eigenvalue weighted by atomic mass is 10.1. The zero-order valence-corrected chi connectivity index (χ0v) is 12.5. The highest BCUT2D eigenvalue weighted by molar-refractivity contribution is 6.43. The van der Waals surface area contributed by atoms with Gasteiger partial charge >= 0.3 is 0 Å². The molecule has 6 heteroatoms. The van der Waals surface area contributed by atoms with Crippen LogP contribution >= 0.6 is 23.2 Å². The van der Waals surface area contributed by atoms with Gasteiger partial charge in [-0.15, -0.1) is 0 Å². The number of nitrogens with one attached hydrogen (secondary N) is 2. The Bertz CT molecular complexity index is 740. The van der Waals surface area contributed by atoms with Crippen molar-refractivity contribution in [2.45, 2.75) is 6.54 Å². The minimum Gasteiger partial charge on any atom is -0.378 e. The summed E-state index contributed by atoms with van der Waals surface area (Å²) in [5, 5.41) is 15.3. The van der Waals surface area contributed by atoms with E-state index >= 15 is 0 Å². The van der Waals surface area contributed by atoms with Gasteiger partial charge in [0.15, 0.2) is 0 Å². The van der Waals surface area contributed by atoms with E-state index in [0.717, 1.165) is 22.6 Å². The topological polar surface area (TPSA) is 53.6 Å². The smallest absolute Gasteiger partial charge is 0.117 e. The molecular formula is C15H12Cl2N4. The van der Waals surface area contributed by atoms with Crippen LogP contribution in [0.3, 0.4) is 0 Å². The normalized spacial score (nSPS) is 10.6. The number of anilines is 1. The molecule has 0 spiro atoms. The van der Waals surface area contributed by atoms with Gasteiger partial charge in [0, 0.05) is 5.56 Å². The number of halogens is 2. The number of H-pyrrole nitrogens is 1. The highest BCUT2D eigenvalue weighted by Gasteiger charge is 2.11. The van der Waals surface area contributed by atoms with Gasteiger partial charge in [0.2, 0.25) is 0 Å². The summed E-state index contributed by atoms with van der Waals surface area (Å²) >= 11 is 12.1. The van der Waals surface area contributed by atoms with Gasteiger partial charge in [-0.25, -0.2) is 0 Å². The van der Waals surface area contributed by atoms with Gasteiger partial charge in [-0.1, -0.05) is 59.6 Å². The van der Waals surface area contributed by atoms with Crippen molar-refractivity contribution >= 4 is 28.9 Å². The minimum atomic E-state index is 0.501. The maximum absolute atomic E-state index is 6.15. The first-order valence-corrected chi connectivity index (χ1v) is 7.14. The molecule has 0 saturated carbocycles. The quantitative estimate of drug-likeness (QED) is 0.750. The van der Waals surface area contributed by atoms with Crippen LogP contribution in [0.1, 0.15) is 5.69 Å². The van der Waals surface area contributed by atoms with Crippen molar-refractivity contribution in [2.75, 3.05) is 5.32 Å². The number of aromatic amines is 1. The molecule has 106 valence electrons. The SMILES string of the molecule is Clc1cccc(NCc2n[nH]nc2-c2ccccc2)c1Cl.